The minimum absolute atomic E-state index is 0.0899. The molecule has 0 saturated carbocycles. The van der Waals surface area contributed by atoms with Gasteiger partial charge in [-0.25, -0.2) is 4.39 Å². The molecule has 2 aromatic rings. The van der Waals surface area contributed by atoms with Gasteiger partial charge in [-0.15, -0.1) is 0 Å². The van der Waals surface area contributed by atoms with Crippen molar-refractivity contribution in [2.45, 2.75) is 0 Å². The molecular formula is C21H21ClFN3O4. The summed E-state index contributed by atoms with van der Waals surface area (Å²) >= 11 is 5.85. The Morgan fingerprint density at radius 3 is 2.37 bits per heavy atom. The van der Waals surface area contributed by atoms with Crippen molar-refractivity contribution in [3.63, 3.8) is 0 Å². The van der Waals surface area contributed by atoms with E-state index >= 15 is 0 Å². The number of nitrogens with zero attached hydrogens (tertiary/aromatic N) is 2. The summed E-state index contributed by atoms with van der Waals surface area (Å²) in [6, 6.07) is 12.7. The highest BCUT2D eigenvalue weighted by Crippen LogP contribution is 2.17. The van der Waals surface area contributed by atoms with E-state index in [0.29, 0.717) is 18.8 Å². The van der Waals surface area contributed by atoms with Crippen LogP contribution in [0, 0.1) is 5.82 Å². The van der Waals surface area contributed by atoms with Crippen molar-refractivity contribution in [1.29, 1.82) is 0 Å². The quantitative estimate of drug-likeness (QED) is 0.755. The van der Waals surface area contributed by atoms with Gasteiger partial charge in [0.05, 0.1) is 12.1 Å². The van der Waals surface area contributed by atoms with Crippen molar-refractivity contribution in [3.8, 4) is 5.75 Å². The molecule has 1 aliphatic heterocycles. The topological polar surface area (TPSA) is 79.0 Å². The Balaban J connectivity index is 1.42. The molecule has 0 unspecified atom stereocenters. The summed E-state index contributed by atoms with van der Waals surface area (Å²) < 4.78 is 19.2. The molecule has 3 amide bonds. The fourth-order valence-corrected chi connectivity index (χ4v) is 3.17. The van der Waals surface area contributed by atoms with E-state index in [1.807, 2.05) is 6.07 Å². The number of hydrogen-bond acceptors (Lipinski definition) is 4. The van der Waals surface area contributed by atoms with Gasteiger partial charge >= 0.3 is 0 Å². The maximum Gasteiger partial charge on any atom is 0.258 e. The predicted octanol–water partition coefficient (Wildman–Crippen LogP) is 1.96. The number of rotatable bonds is 6. The molecule has 30 heavy (non-hydrogen) atoms. The second kappa shape index (κ2) is 10.1. The van der Waals surface area contributed by atoms with E-state index in [1.54, 1.807) is 29.2 Å². The summed E-state index contributed by atoms with van der Waals surface area (Å²) in [5, 5.41) is 2.80. The minimum atomic E-state index is -0.636. The molecule has 158 valence electrons. The van der Waals surface area contributed by atoms with Gasteiger partial charge in [-0.05, 0) is 30.3 Å². The molecule has 0 aromatic heterocycles. The molecule has 7 nitrogen and oxygen atoms in total. The van der Waals surface area contributed by atoms with E-state index < -0.39 is 17.6 Å². The van der Waals surface area contributed by atoms with E-state index in [-0.39, 0.29) is 42.7 Å². The third kappa shape index (κ3) is 5.70. The zero-order chi connectivity index (χ0) is 21.5. The van der Waals surface area contributed by atoms with E-state index in [0.717, 1.165) is 6.07 Å². The molecule has 9 heteroatoms. The molecule has 1 N–H and O–H groups in total. The number of carbonyl (C=O) groups excluding carboxylic acids is 3. The molecule has 3 rings (SSSR count). The first-order chi connectivity index (χ1) is 14.4. The third-order valence-corrected chi connectivity index (χ3v) is 4.86. The highest BCUT2D eigenvalue weighted by Gasteiger charge is 2.26. The summed E-state index contributed by atoms with van der Waals surface area (Å²) in [6.07, 6.45) is 0. The molecule has 2 aromatic carbocycles. The average Bonchev–Trinajstić information content (AvgIpc) is 2.78. The van der Waals surface area contributed by atoms with E-state index in [4.69, 9.17) is 16.3 Å². The molecule has 0 aliphatic carbocycles. The Bertz CT molecular complexity index is 918. The lowest BCUT2D eigenvalue weighted by Crippen LogP contribution is -2.52. The lowest BCUT2D eigenvalue weighted by molar-refractivity contribution is -0.134. The lowest BCUT2D eigenvalue weighted by Gasteiger charge is -2.35. The van der Waals surface area contributed by atoms with Crippen molar-refractivity contribution < 1.29 is 23.5 Å². The van der Waals surface area contributed by atoms with Crippen LogP contribution in [0.25, 0.3) is 0 Å². The Hall–Kier alpha value is -3.13. The molecule has 1 fully saturated rings. The standard InChI is InChI=1S/C21H21ClFN3O4/c22-15-6-7-18(23)17(12-15)21(29)26-10-8-25(9-11-26)20(28)13-24-19(27)14-30-16-4-2-1-3-5-16/h1-7,12H,8-11,13-14H2,(H,24,27). The summed E-state index contributed by atoms with van der Waals surface area (Å²) in [7, 11) is 0. The number of ether oxygens (including phenoxy) is 1. The van der Waals surface area contributed by atoms with Gasteiger partial charge in [-0.2, -0.15) is 0 Å². The Labute approximate surface area is 178 Å². The van der Waals surface area contributed by atoms with Crippen molar-refractivity contribution in [2.24, 2.45) is 0 Å². The van der Waals surface area contributed by atoms with Crippen LogP contribution in [-0.2, 0) is 9.59 Å². The summed E-state index contributed by atoms with van der Waals surface area (Å²) in [6.45, 7) is 0.772. The predicted molar refractivity (Wildman–Crippen MR) is 109 cm³/mol. The van der Waals surface area contributed by atoms with Crippen molar-refractivity contribution in [2.75, 3.05) is 39.3 Å². The molecule has 1 saturated heterocycles. The fourth-order valence-electron chi connectivity index (χ4n) is 2.99. The summed E-state index contributed by atoms with van der Waals surface area (Å²) in [4.78, 5) is 39.7. The van der Waals surface area contributed by atoms with Crippen LogP contribution in [0.3, 0.4) is 0 Å². The van der Waals surface area contributed by atoms with Crippen LogP contribution in [-0.4, -0.2) is 66.9 Å². The largest absolute Gasteiger partial charge is 0.484 e. The molecule has 0 spiro atoms. The zero-order valence-corrected chi connectivity index (χ0v) is 16.9. The molecule has 1 heterocycles. The van der Waals surface area contributed by atoms with Crippen molar-refractivity contribution >= 4 is 29.3 Å². The lowest BCUT2D eigenvalue weighted by atomic mass is 10.1. The highest BCUT2D eigenvalue weighted by molar-refractivity contribution is 6.31. The first kappa shape index (κ1) is 21.6. The van der Waals surface area contributed by atoms with Crippen LogP contribution >= 0.6 is 11.6 Å². The first-order valence-corrected chi connectivity index (χ1v) is 9.78. The van der Waals surface area contributed by atoms with Gasteiger partial charge in [-0.1, -0.05) is 29.8 Å². The SMILES string of the molecule is O=C(COc1ccccc1)NCC(=O)N1CCN(C(=O)c2cc(Cl)ccc2F)CC1. The number of benzene rings is 2. The maximum atomic E-state index is 13.9. The summed E-state index contributed by atoms with van der Waals surface area (Å²) in [5.74, 6) is -1.20. The number of para-hydroxylation sites is 1. The average molecular weight is 434 g/mol. The number of amides is 3. The Morgan fingerprint density at radius 1 is 1.00 bits per heavy atom. The molecule has 1 aliphatic rings. The smallest absolute Gasteiger partial charge is 0.258 e. The normalized spacial score (nSPS) is 13.7. The zero-order valence-electron chi connectivity index (χ0n) is 16.1. The minimum Gasteiger partial charge on any atom is -0.484 e. The van der Waals surface area contributed by atoms with E-state index in [9.17, 15) is 18.8 Å². The van der Waals surface area contributed by atoms with Gasteiger partial charge in [-0.3, -0.25) is 14.4 Å². The van der Waals surface area contributed by atoms with Crippen molar-refractivity contribution in [3.05, 3.63) is 64.9 Å². The van der Waals surface area contributed by atoms with E-state index in [2.05, 4.69) is 5.32 Å². The monoisotopic (exact) mass is 433 g/mol. The Morgan fingerprint density at radius 2 is 1.67 bits per heavy atom. The van der Waals surface area contributed by atoms with Gasteiger partial charge in [0.15, 0.2) is 6.61 Å². The number of piperazine rings is 1. The Kier molecular flexibility index (Phi) is 7.24. The molecular weight excluding hydrogens is 413 g/mol. The second-order valence-corrected chi connectivity index (χ2v) is 7.11. The molecule has 0 radical (unpaired) electrons. The van der Waals surface area contributed by atoms with Crippen molar-refractivity contribution in [1.82, 2.24) is 15.1 Å². The summed E-state index contributed by atoms with van der Waals surface area (Å²) in [5.41, 5.74) is -0.0899. The molecule has 0 bridgehead atoms. The third-order valence-electron chi connectivity index (χ3n) is 4.63. The van der Waals surface area contributed by atoms with Gasteiger partial charge < -0.3 is 19.9 Å². The second-order valence-electron chi connectivity index (χ2n) is 6.68. The van der Waals surface area contributed by atoms with Gasteiger partial charge in [0, 0.05) is 31.2 Å². The van der Waals surface area contributed by atoms with E-state index in [1.165, 1.54) is 17.0 Å². The number of halogens is 2. The fraction of sp³-hybridized carbons (Fsp3) is 0.286. The first-order valence-electron chi connectivity index (χ1n) is 9.40. The van der Waals surface area contributed by atoms with Crippen LogP contribution in [0.4, 0.5) is 4.39 Å². The highest BCUT2D eigenvalue weighted by atomic mass is 35.5. The van der Waals surface area contributed by atoms with Crippen LogP contribution in [0.5, 0.6) is 5.75 Å². The van der Waals surface area contributed by atoms with Crippen LogP contribution in [0.1, 0.15) is 10.4 Å². The van der Waals surface area contributed by atoms with Gasteiger partial charge in [0.25, 0.3) is 11.8 Å². The number of hydrogen-bond donors (Lipinski definition) is 1. The van der Waals surface area contributed by atoms with Crippen LogP contribution in [0.15, 0.2) is 48.5 Å². The molecule has 0 atom stereocenters. The van der Waals surface area contributed by atoms with Crippen LogP contribution in [0.2, 0.25) is 5.02 Å². The number of carbonyl (C=O) groups is 3. The van der Waals surface area contributed by atoms with Gasteiger partial charge in [0.1, 0.15) is 11.6 Å². The van der Waals surface area contributed by atoms with Crippen LogP contribution < -0.4 is 10.1 Å². The number of nitrogens with one attached hydrogen (secondary N) is 1. The van der Waals surface area contributed by atoms with Gasteiger partial charge in [0.2, 0.25) is 5.91 Å². The maximum absolute atomic E-state index is 13.9.